The third kappa shape index (κ3) is 3.89. The number of aromatic nitrogens is 3. The summed E-state index contributed by atoms with van der Waals surface area (Å²) in [6.07, 6.45) is 11.1. The number of rotatable bonds is 7. The van der Waals surface area contributed by atoms with Gasteiger partial charge in [0, 0.05) is 36.7 Å². The van der Waals surface area contributed by atoms with Crippen molar-refractivity contribution in [3.8, 4) is 0 Å². The Bertz CT molecular complexity index is 478. The smallest absolute Gasteiger partial charge is 0.0537 e. The summed E-state index contributed by atoms with van der Waals surface area (Å²) in [5, 5.41) is 7.77. The van der Waals surface area contributed by atoms with Gasteiger partial charge in [0.2, 0.25) is 0 Å². The third-order valence-corrected chi connectivity index (χ3v) is 3.33. The van der Waals surface area contributed by atoms with Crippen molar-refractivity contribution >= 4 is 0 Å². The Labute approximate surface area is 114 Å². The minimum absolute atomic E-state index is 0.360. The number of pyridine rings is 1. The van der Waals surface area contributed by atoms with Gasteiger partial charge in [0.05, 0.1) is 6.20 Å². The fourth-order valence-electron chi connectivity index (χ4n) is 2.25. The van der Waals surface area contributed by atoms with Gasteiger partial charge in [-0.2, -0.15) is 5.10 Å². The highest BCUT2D eigenvalue weighted by atomic mass is 15.3. The number of aryl methyl sites for hydroxylation is 2. The molecule has 0 aliphatic rings. The van der Waals surface area contributed by atoms with E-state index in [1.165, 1.54) is 11.1 Å². The number of hydrogen-bond donors (Lipinski definition) is 1. The van der Waals surface area contributed by atoms with Gasteiger partial charge in [0.1, 0.15) is 0 Å². The van der Waals surface area contributed by atoms with E-state index < -0.39 is 0 Å². The minimum atomic E-state index is 0.360. The Morgan fingerprint density at radius 1 is 1.32 bits per heavy atom. The highest BCUT2D eigenvalue weighted by molar-refractivity contribution is 5.14. The van der Waals surface area contributed by atoms with Gasteiger partial charge in [-0.05, 0) is 44.0 Å². The van der Waals surface area contributed by atoms with E-state index in [9.17, 15) is 0 Å². The summed E-state index contributed by atoms with van der Waals surface area (Å²) in [6.45, 7) is 3.15. The Kier molecular flexibility index (Phi) is 5.10. The second-order valence-electron chi connectivity index (χ2n) is 4.77. The molecule has 0 radical (unpaired) electrons. The first-order valence-electron chi connectivity index (χ1n) is 6.92. The average Bonchev–Trinajstić information content (AvgIpc) is 2.90. The zero-order valence-electron chi connectivity index (χ0n) is 11.7. The molecule has 0 spiro atoms. The van der Waals surface area contributed by atoms with Gasteiger partial charge in [-0.25, -0.2) is 0 Å². The molecule has 2 aromatic heterocycles. The Morgan fingerprint density at radius 3 is 2.79 bits per heavy atom. The third-order valence-electron chi connectivity index (χ3n) is 3.33. The van der Waals surface area contributed by atoms with Crippen molar-refractivity contribution in [2.24, 2.45) is 0 Å². The summed E-state index contributed by atoms with van der Waals surface area (Å²) in [5.74, 6) is 0. The van der Waals surface area contributed by atoms with Crippen LogP contribution in [-0.4, -0.2) is 21.8 Å². The molecular formula is C15H22N4. The molecule has 4 heteroatoms. The van der Waals surface area contributed by atoms with Gasteiger partial charge >= 0.3 is 0 Å². The van der Waals surface area contributed by atoms with Gasteiger partial charge in [0.25, 0.3) is 0 Å². The molecule has 4 nitrogen and oxygen atoms in total. The molecule has 2 aromatic rings. The summed E-state index contributed by atoms with van der Waals surface area (Å²) >= 11 is 0. The van der Waals surface area contributed by atoms with E-state index >= 15 is 0 Å². The van der Waals surface area contributed by atoms with E-state index in [4.69, 9.17) is 0 Å². The molecule has 0 aromatic carbocycles. The monoisotopic (exact) mass is 258 g/mol. The summed E-state index contributed by atoms with van der Waals surface area (Å²) in [5.41, 5.74) is 2.60. The zero-order chi connectivity index (χ0) is 13.5. The van der Waals surface area contributed by atoms with E-state index in [1.807, 2.05) is 30.3 Å². The van der Waals surface area contributed by atoms with Crippen LogP contribution in [0.15, 0.2) is 36.9 Å². The Morgan fingerprint density at radius 2 is 2.11 bits per heavy atom. The molecule has 19 heavy (non-hydrogen) atoms. The molecular weight excluding hydrogens is 236 g/mol. The average molecular weight is 258 g/mol. The first kappa shape index (κ1) is 13.7. The van der Waals surface area contributed by atoms with Crippen LogP contribution < -0.4 is 5.32 Å². The second-order valence-corrected chi connectivity index (χ2v) is 4.77. The van der Waals surface area contributed by atoms with Crippen LogP contribution in [0.2, 0.25) is 0 Å². The minimum Gasteiger partial charge on any atom is -0.313 e. The maximum atomic E-state index is 4.40. The normalized spacial score (nSPS) is 12.5. The summed E-state index contributed by atoms with van der Waals surface area (Å²) < 4.78 is 2.02. The SMILES string of the molecule is CCCn1cc(C(CCc2ccncc2)NC)cn1. The fourth-order valence-corrected chi connectivity index (χ4v) is 2.25. The zero-order valence-corrected chi connectivity index (χ0v) is 11.7. The van der Waals surface area contributed by atoms with E-state index in [-0.39, 0.29) is 0 Å². The van der Waals surface area contributed by atoms with Crippen molar-refractivity contribution in [2.45, 2.75) is 38.8 Å². The maximum Gasteiger partial charge on any atom is 0.0537 e. The first-order valence-corrected chi connectivity index (χ1v) is 6.92. The lowest BCUT2D eigenvalue weighted by Crippen LogP contribution is -2.16. The molecule has 102 valence electrons. The lowest BCUT2D eigenvalue weighted by Gasteiger charge is -2.14. The van der Waals surface area contributed by atoms with Gasteiger partial charge in [-0.1, -0.05) is 6.92 Å². The highest BCUT2D eigenvalue weighted by Crippen LogP contribution is 2.18. The van der Waals surface area contributed by atoms with E-state index in [1.54, 1.807) is 0 Å². The van der Waals surface area contributed by atoms with E-state index in [0.29, 0.717) is 6.04 Å². The van der Waals surface area contributed by atoms with Crippen LogP contribution in [-0.2, 0) is 13.0 Å². The van der Waals surface area contributed by atoms with Crippen molar-refractivity contribution < 1.29 is 0 Å². The fraction of sp³-hybridized carbons (Fsp3) is 0.467. The maximum absolute atomic E-state index is 4.40. The predicted molar refractivity (Wildman–Crippen MR) is 76.9 cm³/mol. The molecule has 0 aliphatic carbocycles. The molecule has 0 saturated heterocycles. The number of hydrogen-bond acceptors (Lipinski definition) is 3. The Hall–Kier alpha value is -1.68. The van der Waals surface area contributed by atoms with E-state index in [0.717, 1.165) is 25.8 Å². The summed E-state index contributed by atoms with van der Waals surface area (Å²) in [4.78, 5) is 4.05. The van der Waals surface area contributed by atoms with Crippen molar-refractivity contribution in [3.63, 3.8) is 0 Å². The highest BCUT2D eigenvalue weighted by Gasteiger charge is 2.11. The largest absolute Gasteiger partial charge is 0.313 e. The van der Waals surface area contributed by atoms with Crippen LogP contribution in [0, 0.1) is 0 Å². The quantitative estimate of drug-likeness (QED) is 0.830. The second kappa shape index (κ2) is 7.04. The van der Waals surface area contributed by atoms with Crippen LogP contribution >= 0.6 is 0 Å². The van der Waals surface area contributed by atoms with Crippen LogP contribution in [0.4, 0.5) is 0 Å². The first-order chi connectivity index (χ1) is 9.33. The molecule has 2 heterocycles. The molecule has 2 rings (SSSR count). The van der Waals surface area contributed by atoms with Gasteiger partial charge < -0.3 is 5.32 Å². The standard InChI is InChI=1S/C15H22N4/c1-3-10-19-12-14(11-18-19)15(16-2)5-4-13-6-8-17-9-7-13/h6-9,11-12,15-16H,3-5,10H2,1-2H3. The van der Waals surface area contributed by atoms with Crippen LogP contribution in [0.25, 0.3) is 0 Å². The summed E-state index contributed by atoms with van der Waals surface area (Å²) in [7, 11) is 2.01. The van der Waals surface area contributed by atoms with Crippen LogP contribution in [0.3, 0.4) is 0 Å². The number of nitrogens with one attached hydrogen (secondary N) is 1. The molecule has 0 fully saturated rings. The number of nitrogens with zero attached hydrogens (tertiary/aromatic N) is 3. The lowest BCUT2D eigenvalue weighted by molar-refractivity contribution is 0.546. The molecule has 1 atom stereocenters. The molecule has 0 bridgehead atoms. The van der Waals surface area contributed by atoms with Crippen molar-refractivity contribution in [2.75, 3.05) is 7.05 Å². The Balaban J connectivity index is 1.95. The van der Waals surface area contributed by atoms with Crippen molar-refractivity contribution in [1.82, 2.24) is 20.1 Å². The van der Waals surface area contributed by atoms with Gasteiger partial charge in [0.15, 0.2) is 0 Å². The summed E-state index contributed by atoms with van der Waals surface area (Å²) in [6, 6.07) is 4.51. The molecule has 0 aliphatic heterocycles. The molecule has 0 amide bonds. The van der Waals surface area contributed by atoms with Gasteiger partial charge in [-0.15, -0.1) is 0 Å². The predicted octanol–water partition coefficient (Wildman–Crippen LogP) is 2.58. The lowest BCUT2D eigenvalue weighted by atomic mass is 10.0. The van der Waals surface area contributed by atoms with Gasteiger partial charge in [-0.3, -0.25) is 9.67 Å². The van der Waals surface area contributed by atoms with E-state index in [2.05, 4.69) is 40.7 Å². The van der Waals surface area contributed by atoms with Crippen molar-refractivity contribution in [1.29, 1.82) is 0 Å². The molecule has 0 saturated carbocycles. The molecule has 1 N–H and O–H groups in total. The topological polar surface area (TPSA) is 42.7 Å². The molecule has 1 unspecified atom stereocenters. The van der Waals surface area contributed by atoms with Crippen molar-refractivity contribution in [3.05, 3.63) is 48.0 Å². The van der Waals surface area contributed by atoms with Crippen LogP contribution in [0.5, 0.6) is 0 Å². The van der Waals surface area contributed by atoms with Crippen LogP contribution in [0.1, 0.15) is 36.9 Å².